The average molecular weight is 187 g/mol. The van der Waals surface area contributed by atoms with Crippen molar-refractivity contribution in [2.45, 2.75) is 19.9 Å². The first-order valence-corrected chi connectivity index (χ1v) is 3.87. The van der Waals surface area contributed by atoms with Crippen LogP contribution in [0.25, 0.3) is 0 Å². The second-order valence-corrected chi connectivity index (χ2v) is 3.06. The quantitative estimate of drug-likeness (QED) is 0.769. The van der Waals surface area contributed by atoms with Gasteiger partial charge in [-0.2, -0.15) is 0 Å². The first kappa shape index (κ1) is 11.4. The molecule has 68 valence electrons. The van der Waals surface area contributed by atoms with Gasteiger partial charge in [-0.25, -0.2) is 0 Å². The van der Waals surface area contributed by atoms with Crippen LogP contribution in [0.15, 0.2) is 24.5 Å². The number of rotatable bonds is 2. The molecule has 1 aromatic heterocycles. The predicted octanol–water partition coefficient (Wildman–Crippen LogP) is 2.16. The minimum absolute atomic E-state index is 0. The molecule has 2 N–H and O–H groups in total. The highest BCUT2D eigenvalue weighted by Crippen LogP contribution is 2.16. The van der Waals surface area contributed by atoms with E-state index in [1.165, 1.54) is 0 Å². The van der Waals surface area contributed by atoms with Crippen LogP contribution in [-0.4, -0.2) is 4.98 Å². The van der Waals surface area contributed by atoms with Crippen molar-refractivity contribution < 1.29 is 0 Å². The normalized spacial score (nSPS) is 12.3. The first-order valence-electron chi connectivity index (χ1n) is 3.87. The van der Waals surface area contributed by atoms with E-state index in [1.807, 2.05) is 18.3 Å². The zero-order valence-electron chi connectivity index (χ0n) is 7.40. The van der Waals surface area contributed by atoms with Gasteiger partial charge in [-0.1, -0.05) is 19.9 Å². The maximum atomic E-state index is 5.90. The molecule has 1 rings (SSSR count). The topological polar surface area (TPSA) is 38.9 Å². The highest BCUT2D eigenvalue weighted by Gasteiger charge is 2.08. The second kappa shape index (κ2) is 5.12. The van der Waals surface area contributed by atoms with Crippen molar-refractivity contribution in [3.63, 3.8) is 0 Å². The fourth-order valence-electron chi connectivity index (χ4n) is 0.958. The molecule has 3 heteroatoms. The molecule has 0 aliphatic carbocycles. The number of hydrogen-bond acceptors (Lipinski definition) is 2. The Morgan fingerprint density at radius 2 is 2.08 bits per heavy atom. The molecule has 1 aromatic rings. The van der Waals surface area contributed by atoms with Crippen molar-refractivity contribution >= 4 is 12.4 Å². The van der Waals surface area contributed by atoms with Crippen molar-refractivity contribution in [3.8, 4) is 0 Å². The summed E-state index contributed by atoms with van der Waals surface area (Å²) in [6.07, 6.45) is 3.58. The van der Waals surface area contributed by atoms with Gasteiger partial charge in [-0.15, -0.1) is 12.4 Å². The van der Waals surface area contributed by atoms with Gasteiger partial charge in [0.05, 0.1) is 0 Å². The van der Waals surface area contributed by atoms with E-state index < -0.39 is 0 Å². The Balaban J connectivity index is 0.00000121. The van der Waals surface area contributed by atoms with E-state index in [9.17, 15) is 0 Å². The van der Waals surface area contributed by atoms with Crippen LogP contribution in [0.1, 0.15) is 25.5 Å². The summed E-state index contributed by atoms with van der Waals surface area (Å²) in [7, 11) is 0. The van der Waals surface area contributed by atoms with Gasteiger partial charge in [0.1, 0.15) is 0 Å². The molecule has 0 radical (unpaired) electrons. The fraction of sp³-hybridized carbons (Fsp3) is 0.444. The van der Waals surface area contributed by atoms with Gasteiger partial charge in [0.15, 0.2) is 0 Å². The molecule has 0 saturated heterocycles. The van der Waals surface area contributed by atoms with E-state index in [4.69, 9.17) is 5.73 Å². The summed E-state index contributed by atoms with van der Waals surface area (Å²) in [5, 5.41) is 0. The van der Waals surface area contributed by atoms with Crippen LogP contribution < -0.4 is 5.73 Å². The minimum Gasteiger partial charge on any atom is -0.324 e. The van der Waals surface area contributed by atoms with Gasteiger partial charge < -0.3 is 5.73 Å². The summed E-state index contributed by atoms with van der Waals surface area (Å²) in [5.41, 5.74) is 7.01. The molecule has 0 spiro atoms. The van der Waals surface area contributed by atoms with Crippen LogP contribution in [0, 0.1) is 5.92 Å². The number of hydrogen-bond donors (Lipinski definition) is 1. The predicted molar refractivity (Wildman–Crippen MR) is 53.3 cm³/mol. The van der Waals surface area contributed by atoms with Gasteiger partial charge in [0.25, 0.3) is 0 Å². The molecule has 0 amide bonds. The maximum absolute atomic E-state index is 5.90. The van der Waals surface area contributed by atoms with Crippen LogP contribution in [0.4, 0.5) is 0 Å². The van der Waals surface area contributed by atoms with E-state index in [0.29, 0.717) is 5.92 Å². The highest BCUT2D eigenvalue weighted by atomic mass is 35.5. The lowest BCUT2D eigenvalue weighted by molar-refractivity contribution is 0.513. The monoisotopic (exact) mass is 186 g/mol. The van der Waals surface area contributed by atoms with Gasteiger partial charge in [0.2, 0.25) is 0 Å². The molecule has 2 nitrogen and oxygen atoms in total. The van der Waals surface area contributed by atoms with Crippen molar-refractivity contribution in [1.82, 2.24) is 4.98 Å². The first-order chi connectivity index (χ1) is 5.22. The molecule has 12 heavy (non-hydrogen) atoms. The van der Waals surface area contributed by atoms with Crippen molar-refractivity contribution in [2.75, 3.05) is 0 Å². The smallest absolute Gasteiger partial charge is 0.0333 e. The molecule has 0 unspecified atom stereocenters. The zero-order valence-corrected chi connectivity index (χ0v) is 8.21. The van der Waals surface area contributed by atoms with E-state index >= 15 is 0 Å². The lowest BCUT2D eigenvalue weighted by Gasteiger charge is -2.14. The van der Waals surface area contributed by atoms with E-state index in [2.05, 4.69) is 18.8 Å². The Kier molecular flexibility index (Phi) is 4.86. The van der Waals surface area contributed by atoms with Gasteiger partial charge >= 0.3 is 0 Å². The summed E-state index contributed by atoms with van der Waals surface area (Å²) in [5.74, 6) is 0.471. The zero-order chi connectivity index (χ0) is 8.27. The van der Waals surface area contributed by atoms with Crippen LogP contribution in [-0.2, 0) is 0 Å². The lowest BCUT2D eigenvalue weighted by Crippen LogP contribution is -2.16. The summed E-state index contributed by atoms with van der Waals surface area (Å²) in [6, 6.07) is 4.04. The molecule has 1 heterocycles. The summed E-state index contributed by atoms with van der Waals surface area (Å²) in [4.78, 5) is 4.01. The summed E-state index contributed by atoms with van der Waals surface area (Å²) < 4.78 is 0. The number of aromatic nitrogens is 1. The molecule has 0 fully saturated rings. The largest absolute Gasteiger partial charge is 0.324 e. The van der Waals surface area contributed by atoms with Crippen LogP contribution in [0.3, 0.4) is 0 Å². The average Bonchev–Trinajstić information content (AvgIpc) is 2.05. The van der Waals surface area contributed by atoms with Gasteiger partial charge in [0, 0.05) is 18.4 Å². The second-order valence-electron chi connectivity index (χ2n) is 3.06. The fourth-order valence-corrected chi connectivity index (χ4v) is 0.958. The molecular formula is C9H15ClN2. The van der Waals surface area contributed by atoms with Gasteiger partial charge in [-0.05, 0) is 17.5 Å². The lowest BCUT2D eigenvalue weighted by atomic mass is 9.99. The maximum Gasteiger partial charge on any atom is 0.0333 e. The van der Waals surface area contributed by atoms with Crippen LogP contribution in [0.5, 0.6) is 0 Å². The Bertz CT molecular complexity index is 211. The minimum atomic E-state index is 0. The molecule has 0 bridgehead atoms. The standard InChI is InChI=1S/C9H14N2.ClH/c1-7(2)9(10)8-4-3-5-11-6-8;/h3-7,9H,10H2,1-2H3;1H/t9-;/m1./s1. The number of pyridine rings is 1. The number of nitrogens with zero attached hydrogens (tertiary/aromatic N) is 1. The Hall–Kier alpha value is -0.600. The molecule has 0 aliphatic rings. The summed E-state index contributed by atoms with van der Waals surface area (Å²) >= 11 is 0. The van der Waals surface area contributed by atoms with Crippen molar-refractivity contribution in [1.29, 1.82) is 0 Å². The molecular weight excluding hydrogens is 172 g/mol. The third-order valence-corrected chi connectivity index (χ3v) is 1.79. The molecule has 0 aliphatic heterocycles. The third kappa shape index (κ3) is 2.80. The highest BCUT2D eigenvalue weighted by molar-refractivity contribution is 5.85. The van der Waals surface area contributed by atoms with E-state index in [1.54, 1.807) is 6.20 Å². The Morgan fingerprint density at radius 1 is 1.42 bits per heavy atom. The number of nitrogens with two attached hydrogens (primary N) is 1. The van der Waals surface area contributed by atoms with Crippen LogP contribution in [0.2, 0.25) is 0 Å². The third-order valence-electron chi connectivity index (χ3n) is 1.79. The van der Waals surface area contributed by atoms with E-state index in [0.717, 1.165) is 5.56 Å². The molecule has 1 atom stereocenters. The Labute approximate surface area is 79.6 Å². The van der Waals surface area contributed by atoms with Gasteiger partial charge in [-0.3, -0.25) is 4.98 Å². The SMILES string of the molecule is CC(C)[C@@H](N)c1cccnc1.Cl. The summed E-state index contributed by atoms with van der Waals surface area (Å²) in [6.45, 7) is 4.22. The number of halogens is 1. The van der Waals surface area contributed by atoms with Crippen LogP contribution >= 0.6 is 12.4 Å². The van der Waals surface area contributed by atoms with Crippen molar-refractivity contribution in [3.05, 3.63) is 30.1 Å². The Morgan fingerprint density at radius 3 is 2.50 bits per heavy atom. The van der Waals surface area contributed by atoms with Crippen molar-refractivity contribution in [2.24, 2.45) is 11.7 Å². The molecule has 0 aromatic carbocycles. The van der Waals surface area contributed by atoms with E-state index in [-0.39, 0.29) is 18.4 Å². The molecule has 0 saturated carbocycles.